The predicted molar refractivity (Wildman–Crippen MR) is 144 cm³/mol. The van der Waals surface area contributed by atoms with Crippen LogP contribution < -0.4 is 10.6 Å². The van der Waals surface area contributed by atoms with Gasteiger partial charge in [0.1, 0.15) is 10.3 Å². The molecule has 0 radical (unpaired) electrons. The molecule has 5 rings (SSSR count). The molecule has 0 saturated heterocycles. The van der Waals surface area contributed by atoms with Crippen molar-refractivity contribution in [3.8, 4) is 0 Å². The minimum Gasteiger partial charge on any atom is -0.465 e. The van der Waals surface area contributed by atoms with Crippen LogP contribution in [0.3, 0.4) is 0 Å². The van der Waals surface area contributed by atoms with Gasteiger partial charge >= 0.3 is 5.97 Å². The lowest BCUT2D eigenvalue weighted by Crippen LogP contribution is -2.20. The molecule has 1 aromatic heterocycles. The zero-order valence-corrected chi connectivity index (χ0v) is 21.7. The van der Waals surface area contributed by atoms with Gasteiger partial charge in [0.15, 0.2) is 0 Å². The van der Waals surface area contributed by atoms with E-state index < -0.39 is 11.2 Å². The molecule has 1 atom stereocenters. The van der Waals surface area contributed by atoms with Crippen molar-refractivity contribution in [2.24, 2.45) is 5.92 Å². The van der Waals surface area contributed by atoms with Gasteiger partial charge in [-0.15, -0.1) is 23.1 Å². The first-order valence-electron chi connectivity index (χ1n) is 12.2. The van der Waals surface area contributed by atoms with E-state index in [1.165, 1.54) is 30.2 Å². The number of thioether (sulfide) groups is 1. The molecule has 0 bridgehead atoms. The van der Waals surface area contributed by atoms with Crippen LogP contribution in [0.25, 0.3) is 0 Å². The highest BCUT2D eigenvalue weighted by atomic mass is 32.2. The lowest BCUT2D eigenvalue weighted by molar-refractivity contribution is -0.117. The van der Waals surface area contributed by atoms with Crippen molar-refractivity contribution >= 4 is 51.6 Å². The Bertz CT molecular complexity index is 1280. The Morgan fingerprint density at radius 1 is 1.00 bits per heavy atom. The van der Waals surface area contributed by atoms with Crippen molar-refractivity contribution in [1.29, 1.82) is 0 Å². The van der Waals surface area contributed by atoms with E-state index in [4.69, 9.17) is 4.74 Å². The third-order valence-electron chi connectivity index (χ3n) is 6.44. The average molecular weight is 521 g/mol. The minimum absolute atomic E-state index is 0.0477. The molecule has 8 heteroatoms. The van der Waals surface area contributed by atoms with Crippen molar-refractivity contribution in [1.82, 2.24) is 0 Å². The smallest absolute Gasteiger partial charge is 0.341 e. The molecule has 2 N–H and O–H groups in total. The normalized spacial score (nSPS) is 15.5. The highest BCUT2D eigenvalue weighted by Crippen LogP contribution is 2.41. The van der Waals surface area contributed by atoms with Crippen molar-refractivity contribution in [3.63, 3.8) is 0 Å². The van der Waals surface area contributed by atoms with E-state index in [0.717, 1.165) is 65.1 Å². The van der Waals surface area contributed by atoms with Gasteiger partial charge in [-0.05, 0) is 67.9 Å². The minimum atomic E-state index is -0.551. The quantitative estimate of drug-likeness (QED) is 0.272. The van der Waals surface area contributed by atoms with E-state index in [9.17, 15) is 14.4 Å². The molecular formula is C28H28N2O4S2. The fraction of sp³-hybridized carbons (Fsp3) is 0.321. The molecule has 2 aromatic carbocycles. The molecule has 1 fully saturated rings. The number of methoxy groups -OCH3 is 1. The number of carbonyl (C=O) groups excluding carboxylic acids is 3. The van der Waals surface area contributed by atoms with Gasteiger partial charge in [-0.1, -0.05) is 36.4 Å². The van der Waals surface area contributed by atoms with E-state index in [0.29, 0.717) is 10.6 Å². The maximum atomic E-state index is 13.7. The second kappa shape index (κ2) is 10.9. The molecule has 2 aliphatic carbocycles. The summed E-state index contributed by atoms with van der Waals surface area (Å²) in [5, 5.41) is 6.05. The Labute approximate surface area is 218 Å². The number of amides is 2. The fourth-order valence-corrected chi connectivity index (χ4v) is 6.79. The number of aryl methyl sites for hydroxylation is 1. The van der Waals surface area contributed by atoms with Gasteiger partial charge in [-0.2, -0.15) is 0 Å². The fourth-order valence-electron chi connectivity index (χ4n) is 4.42. The summed E-state index contributed by atoms with van der Waals surface area (Å²) in [6, 6.07) is 17.2. The summed E-state index contributed by atoms with van der Waals surface area (Å²) in [7, 11) is 1.37. The van der Waals surface area contributed by atoms with E-state index in [1.807, 2.05) is 54.6 Å². The van der Waals surface area contributed by atoms with Crippen LogP contribution in [-0.4, -0.2) is 24.9 Å². The molecule has 0 aliphatic heterocycles. The van der Waals surface area contributed by atoms with Crippen LogP contribution in [0.1, 0.15) is 57.3 Å². The largest absolute Gasteiger partial charge is 0.465 e. The maximum absolute atomic E-state index is 13.7. The number of hydrogen-bond acceptors (Lipinski definition) is 6. The average Bonchev–Trinajstić information content (AvgIpc) is 3.69. The lowest BCUT2D eigenvalue weighted by Gasteiger charge is -2.18. The van der Waals surface area contributed by atoms with Crippen LogP contribution in [0, 0.1) is 5.92 Å². The first-order chi connectivity index (χ1) is 17.5. The summed E-state index contributed by atoms with van der Waals surface area (Å²) >= 11 is 2.90. The van der Waals surface area contributed by atoms with E-state index in [1.54, 1.807) is 0 Å². The second-order valence-electron chi connectivity index (χ2n) is 9.10. The number of carbonyl (C=O) groups is 3. The molecule has 3 aromatic rings. The molecule has 1 unspecified atom stereocenters. The Morgan fingerprint density at radius 2 is 1.78 bits per heavy atom. The first-order valence-corrected chi connectivity index (χ1v) is 13.9. The number of hydrogen-bond donors (Lipinski definition) is 2. The van der Waals surface area contributed by atoms with Crippen LogP contribution in [0.5, 0.6) is 0 Å². The number of anilines is 2. The van der Waals surface area contributed by atoms with E-state index >= 15 is 0 Å². The summed E-state index contributed by atoms with van der Waals surface area (Å²) in [5.74, 6) is -0.452. The molecule has 2 aliphatic rings. The van der Waals surface area contributed by atoms with Crippen LogP contribution in [0.2, 0.25) is 0 Å². The van der Waals surface area contributed by atoms with Crippen molar-refractivity contribution in [3.05, 3.63) is 76.2 Å². The predicted octanol–water partition coefficient (Wildman–Crippen LogP) is 6.23. The lowest BCUT2D eigenvalue weighted by atomic mass is 9.95. The molecule has 186 valence electrons. The van der Waals surface area contributed by atoms with Crippen LogP contribution >= 0.6 is 23.1 Å². The van der Waals surface area contributed by atoms with Gasteiger partial charge in [0.05, 0.1) is 12.7 Å². The zero-order chi connectivity index (χ0) is 25.1. The van der Waals surface area contributed by atoms with Gasteiger partial charge in [0.2, 0.25) is 11.8 Å². The van der Waals surface area contributed by atoms with E-state index in [-0.39, 0.29) is 17.7 Å². The monoisotopic (exact) mass is 520 g/mol. The van der Waals surface area contributed by atoms with Gasteiger partial charge in [-0.3, -0.25) is 9.59 Å². The summed E-state index contributed by atoms with van der Waals surface area (Å²) in [6.07, 6.45) is 5.72. The number of nitrogens with one attached hydrogen (secondary N) is 2. The van der Waals surface area contributed by atoms with Crippen LogP contribution in [0.15, 0.2) is 59.5 Å². The topological polar surface area (TPSA) is 84.5 Å². The molecule has 6 nitrogen and oxygen atoms in total. The Kier molecular flexibility index (Phi) is 7.43. The van der Waals surface area contributed by atoms with Crippen molar-refractivity contribution in [2.75, 3.05) is 17.7 Å². The second-order valence-corrected chi connectivity index (χ2v) is 11.4. The molecule has 36 heavy (non-hydrogen) atoms. The highest BCUT2D eigenvalue weighted by Gasteiger charge is 2.31. The number of benzene rings is 2. The molecule has 0 spiro atoms. The molecule has 1 heterocycles. The molecule has 2 amide bonds. The Morgan fingerprint density at radius 3 is 2.53 bits per heavy atom. The number of ether oxygens (including phenoxy) is 1. The highest BCUT2D eigenvalue weighted by molar-refractivity contribution is 8.00. The van der Waals surface area contributed by atoms with Gasteiger partial charge in [0, 0.05) is 21.4 Å². The third-order valence-corrected chi connectivity index (χ3v) is 8.90. The van der Waals surface area contributed by atoms with Crippen LogP contribution in [0.4, 0.5) is 10.7 Å². The standard InChI is InChI=1S/C28H28N2O4S2/c1-34-28(33)23-21-12-5-6-13-22(21)36-27(23)30-26(32)24(17-8-3-2-4-9-17)35-20-11-7-10-19(16-20)29-25(31)18-14-15-18/h2-4,7-11,16,18,24H,5-6,12-15H2,1H3,(H,29,31)(H,30,32). The van der Waals surface area contributed by atoms with Gasteiger partial charge in [0.25, 0.3) is 0 Å². The zero-order valence-electron chi connectivity index (χ0n) is 20.0. The summed E-state index contributed by atoms with van der Waals surface area (Å²) < 4.78 is 5.07. The van der Waals surface area contributed by atoms with E-state index in [2.05, 4.69) is 10.6 Å². The van der Waals surface area contributed by atoms with Gasteiger partial charge < -0.3 is 15.4 Å². The molecular weight excluding hydrogens is 492 g/mol. The Hall–Kier alpha value is -3.10. The Balaban J connectivity index is 1.41. The summed E-state index contributed by atoms with van der Waals surface area (Å²) in [4.78, 5) is 40.6. The number of thiophene rings is 1. The first kappa shape index (κ1) is 24.6. The number of fused-ring (bicyclic) bond motifs is 1. The molecule has 1 saturated carbocycles. The van der Waals surface area contributed by atoms with Crippen molar-refractivity contribution in [2.45, 2.75) is 48.7 Å². The summed E-state index contributed by atoms with van der Waals surface area (Å²) in [6.45, 7) is 0. The number of esters is 1. The SMILES string of the molecule is COC(=O)c1c(NC(=O)C(Sc2cccc(NC(=O)C3CC3)c2)c2ccccc2)sc2c1CCCC2. The maximum Gasteiger partial charge on any atom is 0.341 e. The number of rotatable bonds is 8. The van der Waals surface area contributed by atoms with Crippen molar-refractivity contribution < 1.29 is 19.1 Å². The third kappa shape index (κ3) is 5.50. The van der Waals surface area contributed by atoms with Crippen LogP contribution in [-0.2, 0) is 27.2 Å². The van der Waals surface area contributed by atoms with Gasteiger partial charge in [-0.25, -0.2) is 4.79 Å². The summed E-state index contributed by atoms with van der Waals surface area (Å²) in [5.41, 5.74) is 3.08.